The lowest BCUT2D eigenvalue weighted by Crippen LogP contribution is -2.33. The molecule has 2 heterocycles. The lowest BCUT2D eigenvalue weighted by atomic mass is 9.97. The molecule has 0 saturated heterocycles. The second-order valence-electron chi connectivity index (χ2n) is 8.77. The fourth-order valence-electron chi connectivity index (χ4n) is 4.56. The molecule has 0 radical (unpaired) electrons. The van der Waals surface area contributed by atoms with Gasteiger partial charge in [-0.1, -0.05) is 60.2 Å². The van der Waals surface area contributed by atoms with Gasteiger partial charge in [-0.25, -0.2) is 0 Å². The van der Waals surface area contributed by atoms with Crippen molar-refractivity contribution in [3.05, 3.63) is 100 Å². The molecule has 0 unspecified atom stereocenters. The zero-order valence-corrected chi connectivity index (χ0v) is 19.5. The molecule has 3 aromatic rings. The summed E-state index contributed by atoms with van der Waals surface area (Å²) < 4.78 is 10.9. The minimum atomic E-state index is -0.295. The van der Waals surface area contributed by atoms with E-state index in [1.807, 2.05) is 92.5 Å². The van der Waals surface area contributed by atoms with Gasteiger partial charge in [-0.2, -0.15) is 0 Å². The Morgan fingerprint density at radius 1 is 0.853 bits per heavy atom. The zero-order chi connectivity index (χ0) is 23.8. The smallest absolute Gasteiger partial charge is 0.278 e. The maximum atomic E-state index is 13.7. The minimum absolute atomic E-state index is 0.158. The highest BCUT2D eigenvalue weighted by Crippen LogP contribution is 2.36. The second-order valence-corrected chi connectivity index (χ2v) is 8.77. The van der Waals surface area contributed by atoms with Crippen molar-refractivity contribution in [3.63, 3.8) is 0 Å². The van der Waals surface area contributed by atoms with Crippen molar-refractivity contribution in [1.82, 2.24) is 9.80 Å². The van der Waals surface area contributed by atoms with Crippen LogP contribution < -0.4 is 9.47 Å². The molecule has 0 bridgehead atoms. The molecule has 2 aliphatic rings. The van der Waals surface area contributed by atoms with Crippen molar-refractivity contribution in [2.45, 2.75) is 26.9 Å². The number of ether oxygens (including phenoxy) is 2. The second kappa shape index (κ2) is 8.71. The third-order valence-corrected chi connectivity index (χ3v) is 6.22. The van der Waals surface area contributed by atoms with E-state index in [1.165, 1.54) is 4.90 Å². The predicted octanol–water partition coefficient (Wildman–Crippen LogP) is 4.44. The number of aryl methyl sites for hydroxylation is 2. The molecular formula is C28H26N2O4. The minimum Gasteiger partial charge on any atom is -0.454 e. The average Bonchev–Trinajstić information content (AvgIpc) is 3.38. The molecule has 3 aromatic carbocycles. The van der Waals surface area contributed by atoms with Gasteiger partial charge >= 0.3 is 0 Å². The largest absolute Gasteiger partial charge is 0.454 e. The zero-order valence-electron chi connectivity index (χ0n) is 19.5. The van der Waals surface area contributed by atoms with E-state index in [0.29, 0.717) is 29.3 Å². The van der Waals surface area contributed by atoms with Crippen LogP contribution in [-0.4, -0.2) is 35.5 Å². The Morgan fingerprint density at radius 2 is 1.62 bits per heavy atom. The number of rotatable bonds is 6. The van der Waals surface area contributed by atoms with E-state index in [2.05, 4.69) is 0 Å². The standard InChI is InChI=1S/C28H26N2O4/c1-18-9-11-22(19(2)13-18)25-26(29(3)15-20-7-5-4-6-8-20)28(32)30(27(25)31)16-21-10-12-23-24(14-21)34-17-33-23/h4-14H,15-17H2,1-3H3. The highest BCUT2D eigenvalue weighted by Gasteiger charge is 2.41. The number of amides is 2. The fraction of sp³-hybridized carbons (Fsp3) is 0.214. The Labute approximate surface area is 199 Å². The number of likely N-dealkylation sites (N-methyl/N-ethyl adjacent to an activating group) is 1. The predicted molar refractivity (Wildman–Crippen MR) is 129 cm³/mol. The van der Waals surface area contributed by atoms with Crippen molar-refractivity contribution in [2.75, 3.05) is 13.8 Å². The molecule has 5 rings (SSSR count). The molecule has 0 fully saturated rings. The van der Waals surface area contributed by atoms with Crippen LogP contribution in [0.3, 0.4) is 0 Å². The molecular weight excluding hydrogens is 428 g/mol. The molecule has 6 heteroatoms. The summed E-state index contributed by atoms with van der Waals surface area (Å²) in [7, 11) is 1.86. The molecule has 2 aliphatic heterocycles. The number of carbonyl (C=O) groups excluding carboxylic acids is 2. The Kier molecular flexibility index (Phi) is 5.57. The number of hydrogen-bond donors (Lipinski definition) is 0. The SMILES string of the molecule is Cc1ccc(C2=C(N(C)Cc3ccccc3)C(=O)N(Cc3ccc4c(c3)OCO4)C2=O)c(C)c1. The molecule has 2 amide bonds. The summed E-state index contributed by atoms with van der Waals surface area (Å²) in [4.78, 5) is 30.6. The van der Waals surface area contributed by atoms with Crippen LogP contribution in [0.2, 0.25) is 0 Å². The van der Waals surface area contributed by atoms with E-state index in [4.69, 9.17) is 9.47 Å². The van der Waals surface area contributed by atoms with Crippen LogP contribution in [0.1, 0.15) is 27.8 Å². The first-order valence-corrected chi connectivity index (χ1v) is 11.2. The Bertz CT molecular complexity index is 1310. The highest BCUT2D eigenvalue weighted by atomic mass is 16.7. The van der Waals surface area contributed by atoms with Crippen LogP contribution in [0, 0.1) is 13.8 Å². The Morgan fingerprint density at radius 3 is 2.38 bits per heavy atom. The number of benzene rings is 3. The average molecular weight is 455 g/mol. The number of hydrogen-bond acceptors (Lipinski definition) is 5. The maximum absolute atomic E-state index is 13.7. The van der Waals surface area contributed by atoms with Crippen molar-refractivity contribution < 1.29 is 19.1 Å². The molecule has 6 nitrogen and oxygen atoms in total. The van der Waals surface area contributed by atoms with E-state index < -0.39 is 0 Å². The normalized spacial score (nSPS) is 14.9. The quantitative estimate of drug-likeness (QED) is 0.516. The van der Waals surface area contributed by atoms with Gasteiger partial charge < -0.3 is 14.4 Å². The van der Waals surface area contributed by atoms with Gasteiger partial charge in [-0.15, -0.1) is 0 Å². The summed E-state index contributed by atoms with van der Waals surface area (Å²) in [6.45, 7) is 4.84. The van der Waals surface area contributed by atoms with Gasteiger partial charge in [-0.3, -0.25) is 14.5 Å². The van der Waals surface area contributed by atoms with Crippen LogP contribution in [0.25, 0.3) is 5.57 Å². The lowest BCUT2D eigenvalue weighted by Gasteiger charge is -2.22. The summed E-state index contributed by atoms with van der Waals surface area (Å²) in [5.74, 6) is 0.710. The third kappa shape index (κ3) is 3.92. The number of nitrogens with zero attached hydrogens (tertiary/aromatic N) is 2. The summed E-state index contributed by atoms with van der Waals surface area (Å²) in [6.07, 6.45) is 0. The fourth-order valence-corrected chi connectivity index (χ4v) is 4.56. The Balaban J connectivity index is 1.53. The molecule has 0 aromatic heterocycles. The van der Waals surface area contributed by atoms with Gasteiger partial charge in [0.1, 0.15) is 5.70 Å². The molecule has 34 heavy (non-hydrogen) atoms. The lowest BCUT2D eigenvalue weighted by molar-refractivity contribution is -0.138. The molecule has 0 saturated carbocycles. The molecule has 0 atom stereocenters. The molecule has 0 N–H and O–H groups in total. The highest BCUT2D eigenvalue weighted by molar-refractivity contribution is 6.35. The van der Waals surface area contributed by atoms with Gasteiger partial charge in [0, 0.05) is 13.6 Å². The van der Waals surface area contributed by atoms with Crippen LogP contribution in [0.15, 0.2) is 72.4 Å². The summed E-state index contributed by atoms with van der Waals surface area (Å²) in [5, 5.41) is 0. The first-order valence-electron chi connectivity index (χ1n) is 11.2. The first-order chi connectivity index (χ1) is 16.4. The number of carbonyl (C=O) groups is 2. The molecule has 172 valence electrons. The van der Waals surface area contributed by atoms with Crippen molar-refractivity contribution in [1.29, 1.82) is 0 Å². The van der Waals surface area contributed by atoms with Crippen LogP contribution in [0.4, 0.5) is 0 Å². The van der Waals surface area contributed by atoms with Gasteiger partial charge in [0.2, 0.25) is 6.79 Å². The monoisotopic (exact) mass is 454 g/mol. The summed E-state index contributed by atoms with van der Waals surface area (Å²) >= 11 is 0. The van der Waals surface area contributed by atoms with E-state index in [-0.39, 0.29) is 25.2 Å². The van der Waals surface area contributed by atoms with Crippen molar-refractivity contribution >= 4 is 17.4 Å². The van der Waals surface area contributed by atoms with Gasteiger partial charge in [0.25, 0.3) is 11.8 Å². The first kappa shape index (κ1) is 21.8. The number of fused-ring (bicyclic) bond motifs is 1. The summed E-state index contributed by atoms with van der Waals surface area (Å²) in [5.41, 5.74) is 5.59. The van der Waals surface area contributed by atoms with Gasteiger partial charge in [-0.05, 0) is 48.2 Å². The van der Waals surface area contributed by atoms with Crippen molar-refractivity contribution in [3.8, 4) is 11.5 Å². The Hall–Kier alpha value is -4.06. The van der Waals surface area contributed by atoms with Gasteiger partial charge in [0.05, 0.1) is 12.1 Å². The van der Waals surface area contributed by atoms with Gasteiger partial charge in [0.15, 0.2) is 11.5 Å². The van der Waals surface area contributed by atoms with Crippen LogP contribution in [-0.2, 0) is 22.7 Å². The van der Waals surface area contributed by atoms with E-state index in [9.17, 15) is 9.59 Å². The van der Waals surface area contributed by atoms with E-state index in [1.54, 1.807) is 0 Å². The van der Waals surface area contributed by atoms with Crippen LogP contribution >= 0.6 is 0 Å². The summed E-state index contributed by atoms with van der Waals surface area (Å²) in [6, 6.07) is 21.4. The molecule has 0 spiro atoms. The molecule has 0 aliphatic carbocycles. The maximum Gasteiger partial charge on any atom is 0.278 e. The van der Waals surface area contributed by atoms with Crippen LogP contribution in [0.5, 0.6) is 11.5 Å². The van der Waals surface area contributed by atoms with E-state index in [0.717, 1.165) is 27.8 Å². The number of imide groups is 1. The van der Waals surface area contributed by atoms with E-state index >= 15 is 0 Å². The topological polar surface area (TPSA) is 59.1 Å². The van der Waals surface area contributed by atoms with Crippen molar-refractivity contribution in [2.24, 2.45) is 0 Å². The third-order valence-electron chi connectivity index (χ3n) is 6.22.